The summed E-state index contributed by atoms with van der Waals surface area (Å²) in [5.74, 6) is -3.75. The second kappa shape index (κ2) is 9.62. The Morgan fingerprint density at radius 2 is 1.86 bits per heavy atom. The molecule has 1 aromatic rings. The molecule has 1 aromatic carbocycles. The molecule has 7 nitrogen and oxygen atoms in total. The summed E-state index contributed by atoms with van der Waals surface area (Å²) in [6, 6.07) is 6.76. The molecule has 2 amide bonds. The van der Waals surface area contributed by atoms with Gasteiger partial charge in [0, 0.05) is 6.54 Å². The zero-order chi connectivity index (χ0) is 21.6. The van der Waals surface area contributed by atoms with Gasteiger partial charge in [0.05, 0.1) is 24.6 Å². The van der Waals surface area contributed by atoms with Crippen LogP contribution in [0.3, 0.4) is 0 Å². The smallest absolute Gasteiger partial charge is 0.466 e. The maximum absolute atomic E-state index is 12.7. The van der Waals surface area contributed by atoms with Gasteiger partial charge in [0.15, 0.2) is 0 Å². The molecule has 1 saturated heterocycles. The highest BCUT2D eigenvalue weighted by molar-refractivity contribution is 5.82. The lowest BCUT2D eigenvalue weighted by Gasteiger charge is -2.31. The zero-order valence-corrected chi connectivity index (χ0v) is 16.1. The minimum absolute atomic E-state index is 0.0315. The molecular formula is C19H23F3N2O5. The van der Waals surface area contributed by atoms with Gasteiger partial charge < -0.3 is 19.7 Å². The first-order valence-corrected chi connectivity index (χ1v) is 9.16. The van der Waals surface area contributed by atoms with Gasteiger partial charge in [-0.05, 0) is 25.8 Å². The van der Waals surface area contributed by atoms with Gasteiger partial charge >= 0.3 is 24.1 Å². The number of amides is 2. The van der Waals surface area contributed by atoms with E-state index in [1.54, 1.807) is 37.3 Å². The number of ether oxygens (including phenoxy) is 2. The molecule has 29 heavy (non-hydrogen) atoms. The van der Waals surface area contributed by atoms with E-state index < -0.39 is 42.1 Å². The van der Waals surface area contributed by atoms with Crippen LogP contribution in [0.2, 0.25) is 0 Å². The predicted molar refractivity (Wildman–Crippen MR) is 95.5 cm³/mol. The number of esters is 1. The normalized spacial score (nSPS) is 20.1. The number of hydrogen-bond donors (Lipinski definition) is 1. The Bertz CT molecular complexity index is 726. The SMILES string of the molecule is CCOC(=O)C(C)[C@@H]1[C@@H](NC(=O)C(F)(F)F)CCN1C(=O)OCc1ccccc1. The molecule has 2 rings (SSSR count). The fourth-order valence-electron chi connectivity index (χ4n) is 3.27. The summed E-state index contributed by atoms with van der Waals surface area (Å²) in [4.78, 5) is 37.3. The zero-order valence-electron chi connectivity index (χ0n) is 16.1. The Kier molecular flexibility index (Phi) is 7.46. The van der Waals surface area contributed by atoms with Crippen LogP contribution in [0.1, 0.15) is 25.8 Å². The van der Waals surface area contributed by atoms with Crippen molar-refractivity contribution in [1.29, 1.82) is 0 Å². The average molecular weight is 416 g/mol. The number of rotatable bonds is 6. The van der Waals surface area contributed by atoms with Crippen molar-refractivity contribution >= 4 is 18.0 Å². The maximum atomic E-state index is 12.7. The monoisotopic (exact) mass is 416 g/mol. The first kappa shape index (κ1) is 22.5. The summed E-state index contributed by atoms with van der Waals surface area (Å²) >= 11 is 0. The summed E-state index contributed by atoms with van der Waals surface area (Å²) < 4.78 is 48.2. The first-order chi connectivity index (χ1) is 13.6. The lowest BCUT2D eigenvalue weighted by molar-refractivity contribution is -0.174. The van der Waals surface area contributed by atoms with Crippen molar-refractivity contribution < 1.29 is 37.0 Å². The van der Waals surface area contributed by atoms with Crippen LogP contribution in [-0.4, -0.2) is 54.3 Å². The highest BCUT2D eigenvalue weighted by atomic mass is 19.4. The van der Waals surface area contributed by atoms with Gasteiger partial charge in [-0.1, -0.05) is 30.3 Å². The molecule has 1 unspecified atom stereocenters. The molecule has 10 heteroatoms. The summed E-state index contributed by atoms with van der Waals surface area (Å²) in [5.41, 5.74) is 0.733. The van der Waals surface area contributed by atoms with Gasteiger partial charge in [0.2, 0.25) is 0 Å². The third kappa shape index (κ3) is 5.85. The highest BCUT2D eigenvalue weighted by Gasteiger charge is 2.48. The number of benzene rings is 1. The Labute approximate surface area is 166 Å². The van der Waals surface area contributed by atoms with E-state index in [9.17, 15) is 27.6 Å². The summed E-state index contributed by atoms with van der Waals surface area (Å²) in [6.07, 6.45) is -5.80. The Hall–Kier alpha value is -2.78. The van der Waals surface area contributed by atoms with Gasteiger partial charge in [0.1, 0.15) is 6.61 Å². The number of nitrogens with zero attached hydrogens (tertiary/aromatic N) is 1. The number of nitrogens with one attached hydrogen (secondary N) is 1. The molecule has 0 aliphatic carbocycles. The molecule has 3 atom stereocenters. The van der Waals surface area contributed by atoms with E-state index in [0.29, 0.717) is 0 Å². The van der Waals surface area contributed by atoms with E-state index in [1.165, 1.54) is 11.8 Å². The van der Waals surface area contributed by atoms with Gasteiger partial charge in [-0.25, -0.2) is 4.79 Å². The van der Waals surface area contributed by atoms with Crippen molar-refractivity contribution in [3.05, 3.63) is 35.9 Å². The van der Waals surface area contributed by atoms with E-state index in [4.69, 9.17) is 9.47 Å². The number of hydrogen-bond acceptors (Lipinski definition) is 5. The van der Waals surface area contributed by atoms with Crippen molar-refractivity contribution in [3.8, 4) is 0 Å². The van der Waals surface area contributed by atoms with Crippen LogP contribution in [0.15, 0.2) is 30.3 Å². The molecule has 0 aromatic heterocycles. The molecule has 160 valence electrons. The lowest BCUT2D eigenvalue weighted by Crippen LogP contribution is -2.54. The Morgan fingerprint density at radius 1 is 1.21 bits per heavy atom. The quantitative estimate of drug-likeness (QED) is 0.721. The van der Waals surface area contributed by atoms with Crippen LogP contribution in [0.4, 0.5) is 18.0 Å². The van der Waals surface area contributed by atoms with Crippen molar-refractivity contribution in [2.24, 2.45) is 5.92 Å². The van der Waals surface area contributed by atoms with Crippen molar-refractivity contribution in [3.63, 3.8) is 0 Å². The van der Waals surface area contributed by atoms with Gasteiger partial charge in [-0.2, -0.15) is 13.2 Å². The highest BCUT2D eigenvalue weighted by Crippen LogP contribution is 2.28. The summed E-state index contributed by atoms with van der Waals surface area (Å²) in [5, 5.41) is 1.88. The molecule has 0 spiro atoms. The first-order valence-electron chi connectivity index (χ1n) is 9.16. The molecule has 1 fully saturated rings. The van der Waals surface area contributed by atoms with Crippen LogP contribution in [0, 0.1) is 5.92 Å². The molecule has 1 aliphatic heterocycles. The minimum atomic E-state index is -5.07. The lowest BCUT2D eigenvalue weighted by atomic mass is 9.95. The van der Waals surface area contributed by atoms with Gasteiger partial charge in [-0.3, -0.25) is 9.59 Å². The summed E-state index contributed by atoms with van der Waals surface area (Å²) in [6.45, 7) is 3.11. The van der Waals surface area contributed by atoms with Crippen LogP contribution in [0.25, 0.3) is 0 Å². The van der Waals surface area contributed by atoms with Crippen LogP contribution < -0.4 is 5.32 Å². The van der Waals surface area contributed by atoms with E-state index in [0.717, 1.165) is 5.56 Å². The third-order valence-corrected chi connectivity index (χ3v) is 4.64. The fraction of sp³-hybridized carbons (Fsp3) is 0.526. The minimum Gasteiger partial charge on any atom is -0.466 e. The summed E-state index contributed by atoms with van der Waals surface area (Å²) in [7, 11) is 0. The number of likely N-dealkylation sites (tertiary alicyclic amines) is 1. The second-order valence-electron chi connectivity index (χ2n) is 6.63. The largest absolute Gasteiger partial charge is 0.471 e. The van der Waals surface area contributed by atoms with Crippen molar-refractivity contribution in [1.82, 2.24) is 10.2 Å². The molecule has 0 bridgehead atoms. The number of carbonyl (C=O) groups excluding carboxylic acids is 3. The fourth-order valence-corrected chi connectivity index (χ4v) is 3.27. The molecule has 1 heterocycles. The number of halogens is 3. The van der Waals surface area contributed by atoms with Gasteiger partial charge in [-0.15, -0.1) is 0 Å². The van der Waals surface area contributed by atoms with E-state index >= 15 is 0 Å². The molecule has 0 radical (unpaired) electrons. The van der Waals surface area contributed by atoms with E-state index in [1.807, 2.05) is 5.32 Å². The van der Waals surface area contributed by atoms with Gasteiger partial charge in [0.25, 0.3) is 0 Å². The average Bonchev–Trinajstić information content (AvgIpc) is 3.09. The van der Waals surface area contributed by atoms with E-state index in [2.05, 4.69) is 0 Å². The maximum Gasteiger partial charge on any atom is 0.471 e. The van der Waals surface area contributed by atoms with Crippen molar-refractivity contribution in [2.75, 3.05) is 13.2 Å². The molecular weight excluding hydrogens is 393 g/mol. The molecule has 1 N–H and O–H groups in total. The Morgan fingerprint density at radius 3 is 2.45 bits per heavy atom. The van der Waals surface area contributed by atoms with Crippen LogP contribution >= 0.6 is 0 Å². The molecule has 1 aliphatic rings. The second-order valence-corrected chi connectivity index (χ2v) is 6.63. The van der Waals surface area contributed by atoms with Crippen LogP contribution in [-0.2, 0) is 25.7 Å². The topological polar surface area (TPSA) is 84.9 Å². The van der Waals surface area contributed by atoms with Crippen LogP contribution in [0.5, 0.6) is 0 Å². The van der Waals surface area contributed by atoms with Crippen molar-refractivity contribution in [2.45, 2.75) is 45.1 Å². The van der Waals surface area contributed by atoms with E-state index in [-0.39, 0.29) is 26.2 Å². The molecule has 0 saturated carbocycles. The Balaban J connectivity index is 2.14. The number of carbonyl (C=O) groups is 3. The predicted octanol–water partition coefficient (Wildman–Crippen LogP) is 2.64. The third-order valence-electron chi connectivity index (χ3n) is 4.64. The standard InChI is InChI=1S/C19H23F3N2O5/c1-3-28-16(25)12(2)15-14(23-17(26)19(20,21)22)9-10-24(15)18(27)29-11-13-7-5-4-6-8-13/h4-8,12,14-15H,3,9-11H2,1-2H3,(H,23,26)/t12?,14-,15+/m0/s1. The number of alkyl halides is 3.